The van der Waals surface area contributed by atoms with Gasteiger partial charge < -0.3 is 15.2 Å². The van der Waals surface area contributed by atoms with E-state index in [1.165, 1.54) is 0 Å². The van der Waals surface area contributed by atoms with Crippen LogP contribution in [0.25, 0.3) is 22.0 Å². The minimum absolute atomic E-state index is 0.0424. The van der Waals surface area contributed by atoms with E-state index in [1.807, 2.05) is 41.6 Å². The van der Waals surface area contributed by atoms with Crippen molar-refractivity contribution in [2.75, 3.05) is 11.4 Å². The summed E-state index contributed by atoms with van der Waals surface area (Å²) in [7, 11) is 3.60. The molecule has 2 N–H and O–H groups in total. The molecule has 0 saturated carbocycles. The summed E-state index contributed by atoms with van der Waals surface area (Å²) in [6.45, 7) is 2.46. The summed E-state index contributed by atoms with van der Waals surface area (Å²) in [5.41, 5.74) is 11.1. The first-order chi connectivity index (χ1) is 16.2. The Balaban J connectivity index is 1.70. The third kappa shape index (κ3) is 3.44. The Kier molecular flexibility index (Phi) is 5.36. The number of rotatable bonds is 4. The van der Waals surface area contributed by atoms with E-state index in [1.54, 1.807) is 30.2 Å². The molecule has 9 heteroatoms. The van der Waals surface area contributed by atoms with Crippen LogP contribution in [0.1, 0.15) is 40.0 Å². The number of nitrogens with zero attached hydrogens (tertiary/aromatic N) is 4. The molecule has 6 nitrogen and oxygen atoms in total. The average Bonchev–Trinajstić information content (AvgIpc) is 3.33. The molecule has 1 aliphatic heterocycles. The number of nitrogens with two attached hydrogens (primary N) is 1. The first kappa shape index (κ1) is 22.4. The quantitative estimate of drug-likeness (QED) is 0.407. The minimum Gasteiger partial charge on any atom is -0.366 e. The van der Waals surface area contributed by atoms with Gasteiger partial charge in [0.1, 0.15) is 0 Å². The number of carbonyl (C=O) groups is 1. The molecule has 2 aromatic heterocycles. The predicted molar refractivity (Wildman–Crippen MR) is 130 cm³/mol. The van der Waals surface area contributed by atoms with Crippen LogP contribution in [0.15, 0.2) is 36.7 Å². The lowest BCUT2D eigenvalue weighted by molar-refractivity contribution is 0.100. The van der Waals surface area contributed by atoms with Gasteiger partial charge in [-0.15, -0.1) is 0 Å². The molecule has 0 radical (unpaired) electrons. The molecule has 34 heavy (non-hydrogen) atoms. The zero-order valence-corrected chi connectivity index (χ0v) is 19.8. The highest BCUT2D eigenvalue weighted by atomic mass is 35.5. The molecule has 0 unspecified atom stereocenters. The average molecular weight is 484 g/mol. The highest BCUT2D eigenvalue weighted by molar-refractivity contribution is 6.36. The number of anilines is 2. The lowest BCUT2D eigenvalue weighted by Crippen LogP contribution is -2.25. The lowest BCUT2D eigenvalue weighted by Gasteiger charge is -2.33. The topological polar surface area (TPSA) is 69.1 Å². The summed E-state index contributed by atoms with van der Waals surface area (Å²) in [6, 6.07) is 7.12. The summed E-state index contributed by atoms with van der Waals surface area (Å²) in [6.07, 6.45) is 2.32. The van der Waals surface area contributed by atoms with Crippen molar-refractivity contribution in [3.8, 4) is 11.1 Å². The van der Waals surface area contributed by atoms with Crippen molar-refractivity contribution in [3.63, 3.8) is 0 Å². The van der Waals surface area contributed by atoms with Gasteiger partial charge in [0.05, 0.1) is 22.3 Å². The summed E-state index contributed by atoms with van der Waals surface area (Å²) in [5, 5.41) is 5.27. The van der Waals surface area contributed by atoms with Gasteiger partial charge in [-0.3, -0.25) is 9.48 Å². The van der Waals surface area contributed by atoms with E-state index in [0.717, 1.165) is 35.5 Å². The number of halogens is 3. The molecule has 4 aromatic rings. The van der Waals surface area contributed by atoms with E-state index >= 15 is 0 Å². The number of primary amides is 1. The molecule has 0 saturated heterocycles. The summed E-state index contributed by atoms with van der Waals surface area (Å²) in [4.78, 5) is 14.2. The zero-order valence-electron chi connectivity index (χ0n) is 19.1. The van der Waals surface area contributed by atoms with Gasteiger partial charge in [0.25, 0.3) is 12.3 Å². The van der Waals surface area contributed by atoms with Gasteiger partial charge in [0.2, 0.25) is 0 Å². The molecule has 2 aromatic carbocycles. The fraction of sp³-hybridized carbons (Fsp3) is 0.280. The van der Waals surface area contributed by atoms with Crippen LogP contribution < -0.4 is 10.6 Å². The number of alkyl halides is 2. The maximum absolute atomic E-state index is 14.2. The van der Waals surface area contributed by atoms with Crippen LogP contribution in [-0.2, 0) is 20.5 Å². The van der Waals surface area contributed by atoms with E-state index in [2.05, 4.69) is 5.10 Å². The first-order valence-corrected chi connectivity index (χ1v) is 11.3. The summed E-state index contributed by atoms with van der Waals surface area (Å²) < 4.78 is 31.8. The SMILES string of the molecule is Cc1c(C(N)=O)c2cc(N3CCCc4cc(-c5cnn(C)c5)c(C(F)F)cc43)cc(Cl)c2n1C. The first-order valence-electron chi connectivity index (χ1n) is 11.0. The van der Waals surface area contributed by atoms with Crippen LogP contribution in [-0.4, -0.2) is 26.8 Å². The van der Waals surface area contributed by atoms with E-state index in [4.69, 9.17) is 17.3 Å². The second kappa shape index (κ2) is 8.13. The van der Waals surface area contributed by atoms with Crippen LogP contribution >= 0.6 is 11.6 Å². The summed E-state index contributed by atoms with van der Waals surface area (Å²) in [5.74, 6) is -0.531. The molecule has 3 heterocycles. The molecule has 0 bridgehead atoms. The van der Waals surface area contributed by atoms with Crippen molar-refractivity contribution in [3.05, 3.63) is 64.1 Å². The largest absolute Gasteiger partial charge is 0.366 e. The van der Waals surface area contributed by atoms with Crippen LogP contribution in [0.4, 0.5) is 20.2 Å². The maximum atomic E-state index is 14.2. The Morgan fingerprint density at radius 2 is 1.97 bits per heavy atom. The number of carbonyl (C=O) groups excluding carboxylic acids is 1. The molecule has 0 aliphatic carbocycles. The van der Waals surface area contributed by atoms with Gasteiger partial charge in [-0.05, 0) is 55.2 Å². The number of aromatic nitrogens is 3. The fourth-order valence-electron chi connectivity index (χ4n) is 5.02. The van der Waals surface area contributed by atoms with Crippen molar-refractivity contribution in [1.82, 2.24) is 14.3 Å². The monoisotopic (exact) mass is 483 g/mol. The summed E-state index contributed by atoms with van der Waals surface area (Å²) >= 11 is 6.66. The smallest absolute Gasteiger partial charge is 0.264 e. The van der Waals surface area contributed by atoms with Gasteiger partial charge in [0, 0.05) is 60.4 Å². The predicted octanol–water partition coefficient (Wildman–Crippen LogP) is 5.66. The molecular weight excluding hydrogens is 460 g/mol. The molecular formula is C25H24ClF2N5O. The van der Waals surface area contributed by atoms with E-state index in [9.17, 15) is 13.6 Å². The molecule has 1 amide bonds. The van der Waals surface area contributed by atoms with Crippen LogP contribution in [0, 0.1) is 6.92 Å². The van der Waals surface area contributed by atoms with Crippen molar-refractivity contribution in [1.29, 1.82) is 0 Å². The Morgan fingerprint density at radius 1 is 1.21 bits per heavy atom. The van der Waals surface area contributed by atoms with Gasteiger partial charge in [-0.1, -0.05) is 11.6 Å². The van der Waals surface area contributed by atoms with Gasteiger partial charge in [0.15, 0.2) is 0 Å². The van der Waals surface area contributed by atoms with Crippen molar-refractivity contribution in [2.45, 2.75) is 26.2 Å². The van der Waals surface area contributed by atoms with Gasteiger partial charge in [-0.25, -0.2) is 8.78 Å². The number of aryl methyl sites for hydroxylation is 3. The van der Waals surface area contributed by atoms with Gasteiger partial charge >= 0.3 is 0 Å². The Morgan fingerprint density at radius 3 is 2.62 bits per heavy atom. The van der Waals surface area contributed by atoms with Crippen molar-refractivity contribution < 1.29 is 13.6 Å². The Bertz CT molecular complexity index is 1460. The third-order valence-corrected chi connectivity index (χ3v) is 6.98. The lowest BCUT2D eigenvalue weighted by atomic mass is 9.92. The number of amides is 1. The van der Waals surface area contributed by atoms with Crippen LogP contribution in [0.2, 0.25) is 5.02 Å². The highest BCUT2D eigenvalue weighted by Crippen LogP contribution is 2.43. The molecule has 0 spiro atoms. The van der Waals surface area contributed by atoms with Gasteiger partial charge in [-0.2, -0.15) is 5.10 Å². The van der Waals surface area contributed by atoms with Crippen LogP contribution in [0.3, 0.4) is 0 Å². The second-order valence-electron chi connectivity index (χ2n) is 8.73. The Labute approximate surface area is 200 Å². The fourth-order valence-corrected chi connectivity index (χ4v) is 5.36. The molecule has 0 fully saturated rings. The minimum atomic E-state index is -2.64. The number of hydrogen-bond acceptors (Lipinski definition) is 3. The Hall–Kier alpha value is -3.39. The number of benzene rings is 2. The molecule has 0 atom stereocenters. The van der Waals surface area contributed by atoms with E-state index in [-0.39, 0.29) is 5.56 Å². The van der Waals surface area contributed by atoms with Crippen molar-refractivity contribution >= 4 is 39.8 Å². The van der Waals surface area contributed by atoms with Crippen molar-refractivity contribution in [2.24, 2.45) is 19.8 Å². The molecule has 1 aliphatic rings. The number of fused-ring (bicyclic) bond motifs is 2. The highest BCUT2D eigenvalue weighted by Gasteiger charge is 2.26. The maximum Gasteiger partial charge on any atom is 0.264 e. The second-order valence-corrected chi connectivity index (χ2v) is 9.14. The van der Waals surface area contributed by atoms with Crippen LogP contribution in [0.5, 0.6) is 0 Å². The molecule has 5 rings (SSSR count). The van der Waals surface area contributed by atoms with E-state index in [0.29, 0.717) is 39.2 Å². The molecule has 176 valence electrons. The zero-order chi connectivity index (χ0) is 24.3. The van der Waals surface area contributed by atoms with E-state index < -0.39 is 12.3 Å². The third-order valence-electron chi connectivity index (χ3n) is 6.70. The number of hydrogen-bond donors (Lipinski definition) is 1. The normalized spacial score (nSPS) is 13.7. The standard InChI is InChI=1S/C25H24ClF2N5O/c1-13-22(25(29)34)19-8-16(9-20(26)23(19)32(13)3)33-6-4-5-14-7-17(15-11-30-31(2)12-15)18(24(27)28)10-21(14)33/h7-12,24H,4-6H2,1-3H3,(H2,29,34).